The summed E-state index contributed by atoms with van der Waals surface area (Å²) >= 11 is 1.56. The van der Waals surface area contributed by atoms with Crippen molar-refractivity contribution in [3.63, 3.8) is 0 Å². The van der Waals surface area contributed by atoms with Crippen molar-refractivity contribution in [1.29, 1.82) is 0 Å². The van der Waals surface area contributed by atoms with Gasteiger partial charge in [-0.3, -0.25) is 4.98 Å². The SMILES string of the molecule is Cc1ccc(CN(C)c2nnc(-c3ccccn3)s2)c(C)c1. The monoisotopic (exact) mass is 310 g/mol. The molecular formula is C17H18N4S. The van der Waals surface area contributed by atoms with Gasteiger partial charge in [0.2, 0.25) is 5.13 Å². The third-order valence-corrected chi connectivity index (χ3v) is 4.59. The molecule has 0 bridgehead atoms. The largest absolute Gasteiger partial charge is 0.345 e. The quantitative estimate of drug-likeness (QED) is 0.734. The Bertz CT molecular complexity index is 767. The number of hydrogen-bond donors (Lipinski definition) is 0. The zero-order valence-corrected chi connectivity index (χ0v) is 13.8. The van der Waals surface area contributed by atoms with Crippen molar-refractivity contribution in [2.24, 2.45) is 0 Å². The second kappa shape index (κ2) is 6.23. The molecule has 3 rings (SSSR count). The molecule has 5 heteroatoms. The summed E-state index contributed by atoms with van der Waals surface area (Å²) < 4.78 is 0. The van der Waals surface area contributed by atoms with E-state index in [-0.39, 0.29) is 0 Å². The summed E-state index contributed by atoms with van der Waals surface area (Å²) in [6.07, 6.45) is 1.77. The van der Waals surface area contributed by atoms with Gasteiger partial charge in [-0.1, -0.05) is 41.2 Å². The van der Waals surface area contributed by atoms with Crippen molar-refractivity contribution in [3.8, 4) is 10.7 Å². The van der Waals surface area contributed by atoms with Gasteiger partial charge >= 0.3 is 0 Å². The number of hydrogen-bond acceptors (Lipinski definition) is 5. The second-order valence-electron chi connectivity index (χ2n) is 5.39. The van der Waals surface area contributed by atoms with Crippen molar-refractivity contribution < 1.29 is 0 Å². The molecule has 0 saturated heterocycles. The molecule has 4 nitrogen and oxygen atoms in total. The number of aromatic nitrogens is 3. The van der Waals surface area contributed by atoms with Gasteiger partial charge in [-0.2, -0.15) is 0 Å². The van der Waals surface area contributed by atoms with Gasteiger partial charge in [0.1, 0.15) is 5.69 Å². The Kier molecular flexibility index (Phi) is 4.15. The van der Waals surface area contributed by atoms with Crippen LogP contribution >= 0.6 is 11.3 Å². The van der Waals surface area contributed by atoms with Gasteiger partial charge in [-0.05, 0) is 37.1 Å². The van der Waals surface area contributed by atoms with E-state index in [1.165, 1.54) is 16.7 Å². The van der Waals surface area contributed by atoms with Crippen LogP contribution in [0.2, 0.25) is 0 Å². The molecular weight excluding hydrogens is 292 g/mol. The highest BCUT2D eigenvalue weighted by Gasteiger charge is 2.12. The maximum Gasteiger partial charge on any atom is 0.208 e. The highest BCUT2D eigenvalue weighted by Crippen LogP contribution is 2.27. The summed E-state index contributed by atoms with van der Waals surface area (Å²) in [6.45, 7) is 5.09. The molecule has 0 aliphatic carbocycles. The van der Waals surface area contributed by atoms with Crippen LogP contribution in [0.1, 0.15) is 16.7 Å². The van der Waals surface area contributed by atoms with Crippen LogP contribution in [-0.4, -0.2) is 22.2 Å². The average molecular weight is 310 g/mol. The third kappa shape index (κ3) is 3.14. The van der Waals surface area contributed by atoms with E-state index in [9.17, 15) is 0 Å². The van der Waals surface area contributed by atoms with E-state index in [4.69, 9.17) is 0 Å². The molecule has 0 fully saturated rings. The Labute approximate surface area is 134 Å². The standard InChI is InChI=1S/C17H18N4S/c1-12-7-8-14(13(2)10-12)11-21(3)17-20-19-16(22-17)15-6-4-5-9-18-15/h4-10H,11H2,1-3H3. The molecule has 0 radical (unpaired) electrons. The summed E-state index contributed by atoms with van der Waals surface area (Å²) in [5.74, 6) is 0. The van der Waals surface area contributed by atoms with E-state index in [1.807, 2.05) is 25.2 Å². The zero-order chi connectivity index (χ0) is 15.5. The van der Waals surface area contributed by atoms with Crippen LogP contribution in [0.25, 0.3) is 10.7 Å². The Morgan fingerprint density at radius 2 is 1.95 bits per heavy atom. The van der Waals surface area contributed by atoms with E-state index in [1.54, 1.807) is 17.5 Å². The maximum atomic E-state index is 4.32. The predicted molar refractivity (Wildman–Crippen MR) is 91.2 cm³/mol. The van der Waals surface area contributed by atoms with Gasteiger partial charge in [0.25, 0.3) is 0 Å². The number of rotatable bonds is 4. The molecule has 112 valence electrons. The van der Waals surface area contributed by atoms with E-state index in [0.29, 0.717) is 0 Å². The fourth-order valence-corrected chi connectivity index (χ4v) is 3.09. The lowest BCUT2D eigenvalue weighted by Gasteiger charge is -2.16. The van der Waals surface area contributed by atoms with E-state index in [0.717, 1.165) is 22.4 Å². The molecule has 3 aromatic rings. The first-order chi connectivity index (χ1) is 10.6. The molecule has 0 amide bonds. The normalized spacial score (nSPS) is 10.7. The Morgan fingerprint density at radius 1 is 1.09 bits per heavy atom. The van der Waals surface area contributed by atoms with Crippen molar-refractivity contribution in [2.45, 2.75) is 20.4 Å². The highest BCUT2D eigenvalue weighted by molar-refractivity contribution is 7.18. The molecule has 0 spiro atoms. The average Bonchev–Trinajstić information content (AvgIpc) is 3.01. The minimum absolute atomic E-state index is 0.822. The van der Waals surface area contributed by atoms with Gasteiger partial charge in [0.15, 0.2) is 5.01 Å². The first kappa shape index (κ1) is 14.7. The molecule has 0 N–H and O–H groups in total. The molecule has 22 heavy (non-hydrogen) atoms. The summed E-state index contributed by atoms with van der Waals surface area (Å²) in [4.78, 5) is 6.45. The van der Waals surface area contributed by atoms with Gasteiger partial charge < -0.3 is 4.90 Å². The molecule has 0 aliphatic rings. The smallest absolute Gasteiger partial charge is 0.208 e. The minimum atomic E-state index is 0.822. The van der Waals surface area contributed by atoms with Crippen molar-refractivity contribution in [1.82, 2.24) is 15.2 Å². The van der Waals surface area contributed by atoms with Gasteiger partial charge in [-0.15, -0.1) is 10.2 Å². The maximum absolute atomic E-state index is 4.32. The Morgan fingerprint density at radius 3 is 2.68 bits per heavy atom. The van der Waals surface area contributed by atoms with E-state index < -0.39 is 0 Å². The summed E-state index contributed by atoms with van der Waals surface area (Å²) in [6, 6.07) is 12.4. The third-order valence-electron chi connectivity index (χ3n) is 3.53. The minimum Gasteiger partial charge on any atom is -0.345 e. The van der Waals surface area contributed by atoms with Crippen LogP contribution in [0.15, 0.2) is 42.6 Å². The first-order valence-electron chi connectivity index (χ1n) is 7.15. The van der Waals surface area contributed by atoms with Gasteiger partial charge in [-0.25, -0.2) is 0 Å². The lowest BCUT2D eigenvalue weighted by Crippen LogP contribution is -2.16. The van der Waals surface area contributed by atoms with Crippen molar-refractivity contribution in [3.05, 3.63) is 59.3 Å². The van der Waals surface area contributed by atoms with Crippen LogP contribution in [0.5, 0.6) is 0 Å². The van der Waals surface area contributed by atoms with Crippen LogP contribution in [0.3, 0.4) is 0 Å². The first-order valence-corrected chi connectivity index (χ1v) is 7.97. The topological polar surface area (TPSA) is 41.9 Å². The lowest BCUT2D eigenvalue weighted by molar-refractivity contribution is 0.887. The van der Waals surface area contributed by atoms with Crippen LogP contribution in [-0.2, 0) is 6.54 Å². The molecule has 0 saturated carbocycles. The van der Waals surface area contributed by atoms with Crippen molar-refractivity contribution in [2.75, 3.05) is 11.9 Å². The summed E-state index contributed by atoms with van der Waals surface area (Å²) in [5.41, 5.74) is 4.77. The number of pyridine rings is 1. The number of nitrogens with zero attached hydrogens (tertiary/aromatic N) is 4. The molecule has 0 atom stereocenters. The van der Waals surface area contributed by atoms with E-state index >= 15 is 0 Å². The lowest BCUT2D eigenvalue weighted by atomic mass is 10.1. The summed E-state index contributed by atoms with van der Waals surface area (Å²) in [7, 11) is 2.04. The Hall–Kier alpha value is -2.27. The zero-order valence-electron chi connectivity index (χ0n) is 12.9. The highest BCUT2D eigenvalue weighted by atomic mass is 32.1. The number of anilines is 1. The predicted octanol–water partition coefficient (Wildman–Crippen LogP) is 3.85. The molecule has 0 unspecified atom stereocenters. The fourth-order valence-electron chi connectivity index (χ4n) is 2.31. The van der Waals surface area contributed by atoms with Crippen LogP contribution in [0.4, 0.5) is 5.13 Å². The second-order valence-corrected chi connectivity index (χ2v) is 6.35. The molecule has 1 aromatic carbocycles. The van der Waals surface area contributed by atoms with Crippen molar-refractivity contribution >= 4 is 16.5 Å². The van der Waals surface area contributed by atoms with Crippen LogP contribution in [0, 0.1) is 13.8 Å². The van der Waals surface area contributed by atoms with Crippen LogP contribution < -0.4 is 4.90 Å². The van der Waals surface area contributed by atoms with Gasteiger partial charge in [0.05, 0.1) is 0 Å². The Balaban J connectivity index is 1.78. The van der Waals surface area contributed by atoms with E-state index in [2.05, 4.69) is 52.1 Å². The fraction of sp³-hybridized carbons (Fsp3) is 0.235. The number of benzene rings is 1. The van der Waals surface area contributed by atoms with Gasteiger partial charge in [0, 0.05) is 19.8 Å². The molecule has 2 aromatic heterocycles. The molecule has 0 aliphatic heterocycles. The summed E-state index contributed by atoms with van der Waals surface area (Å²) in [5, 5.41) is 10.3. The molecule has 2 heterocycles. The number of aryl methyl sites for hydroxylation is 2.